The van der Waals surface area contributed by atoms with E-state index in [1.807, 2.05) is 54.0 Å². The van der Waals surface area contributed by atoms with Crippen LogP contribution in [-0.2, 0) is 19.0 Å². The Hall–Kier alpha value is -4.56. The summed E-state index contributed by atoms with van der Waals surface area (Å²) in [4.78, 5) is 47.9. The largest absolute Gasteiger partial charge is 0.479 e. The maximum Gasteiger partial charge on any atom is 0.407 e. The lowest BCUT2D eigenvalue weighted by atomic mass is 10.1. The number of alkyl carbamates (subject to hydrolysis) is 1. The second-order valence-electron chi connectivity index (χ2n) is 9.28. The highest BCUT2D eigenvalue weighted by Crippen LogP contribution is 2.45. The molecule has 5 atom stereocenters. The van der Waals surface area contributed by atoms with Crippen molar-refractivity contribution in [3.05, 3.63) is 54.6 Å². The SMILES string of the molecule is CCNC(=O)Nc1ncnc2c1ncn2C1CC(CNC(=O)OCC(=O)O)C2O[C@H](C=Cc3ccccc3)OC21. The number of fused-ring (bicyclic) bond motifs is 2. The molecule has 2 aliphatic rings. The minimum atomic E-state index is -1.24. The quantitative estimate of drug-likeness (QED) is 0.308. The lowest BCUT2D eigenvalue weighted by molar-refractivity contribution is -0.140. The topological polar surface area (TPSA) is 179 Å². The van der Waals surface area contributed by atoms with E-state index in [0.717, 1.165) is 5.56 Å². The Bertz CT molecular complexity index is 1400. The van der Waals surface area contributed by atoms with Crippen LogP contribution in [0.1, 0.15) is 24.9 Å². The Kier molecular flexibility index (Phi) is 8.17. The van der Waals surface area contributed by atoms with E-state index in [0.29, 0.717) is 24.1 Å². The van der Waals surface area contributed by atoms with E-state index in [9.17, 15) is 14.4 Å². The molecule has 0 bridgehead atoms. The molecular weight excluding hydrogens is 522 g/mol. The zero-order valence-electron chi connectivity index (χ0n) is 21.6. The van der Waals surface area contributed by atoms with Crippen LogP contribution in [0.4, 0.5) is 15.4 Å². The molecule has 5 rings (SSSR count). The maximum absolute atomic E-state index is 12.1. The lowest BCUT2D eigenvalue weighted by Crippen LogP contribution is -2.35. The molecule has 3 heterocycles. The van der Waals surface area contributed by atoms with Crippen molar-refractivity contribution in [1.82, 2.24) is 30.2 Å². The van der Waals surface area contributed by atoms with Gasteiger partial charge in [-0.25, -0.2) is 29.3 Å². The highest BCUT2D eigenvalue weighted by molar-refractivity contribution is 5.95. The number of rotatable bonds is 9. The third kappa shape index (κ3) is 6.02. The van der Waals surface area contributed by atoms with Crippen LogP contribution in [0, 0.1) is 5.92 Å². The number of anilines is 1. The molecule has 2 fully saturated rings. The average Bonchev–Trinajstić information content (AvgIpc) is 3.64. The number of carboxylic acid groups (broad SMARTS) is 1. The van der Waals surface area contributed by atoms with Crippen molar-refractivity contribution in [2.75, 3.05) is 25.0 Å². The zero-order valence-corrected chi connectivity index (χ0v) is 21.6. The predicted octanol–water partition coefficient (Wildman–Crippen LogP) is 2.16. The number of ether oxygens (including phenoxy) is 3. The second kappa shape index (κ2) is 12.1. The first kappa shape index (κ1) is 27.0. The van der Waals surface area contributed by atoms with Gasteiger partial charge in [0.05, 0.1) is 18.5 Å². The van der Waals surface area contributed by atoms with Crippen molar-refractivity contribution in [3.8, 4) is 0 Å². The van der Waals surface area contributed by atoms with E-state index < -0.39 is 37.1 Å². The van der Waals surface area contributed by atoms with Crippen molar-refractivity contribution in [1.29, 1.82) is 0 Å². The first-order valence-corrected chi connectivity index (χ1v) is 12.8. The van der Waals surface area contributed by atoms with Crippen LogP contribution in [-0.4, -0.2) is 80.9 Å². The molecular formula is C26H29N7O7. The Morgan fingerprint density at radius 1 is 1.12 bits per heavy atom. The number of hydrogen-bond acceptors (Lipinski definition) is 9. The maximum atomic E-state index is 12.1. The number of aromatic nitrogens is 4. The summed E-state index contributed by atoms with van der Waals surface area (Å²) in [6, 6.07) is 9.07. The molecule has 210 valence electrons. The first-order valence-electron chi connectivity index (χ1n) is 12.8. The number of urea groups is 1. The van der Waals surface area contributed by atoms with Crippen molar-refractivity contribution in [3.63, 3.8) is 0 Å². The van der Waals surface area contributed by atoms with Gasteiger partial charge in [-0.1, -0.05) is 36.4 Å². The Morgan fingerprint density at radius 3 is 2.70 bits per heavy atom. The number of hydrogen-bond donors (Lipinski definition) is 4. The van der Waals surface area contributed by atoms with Crippen molar-refractivity contribution in [2.45, 2.75) is 37.9 Å². The van der Waals surface area contributed by atoms with E-state index >= 15 is 0 Å². The normalized spacial score (nSPS) is 23.7. The highest BCUT2D eigenvalue weighted by Gasteiger charge is 2.52. The molecule has 3 amide bonds. The Morgan fingerprint density at radius 2 is 1.93 bits per heavy atom. The molecule has 1 aromatic carbocycles. The molecule has 1 aliphatic carbocycles. The van der Waals surface area contributed by atoms with Gasteiger partial charge < -0.3 is 34.5 Å². The fraction of sp³-hybridized carbons (Fsp3) is 0.385. The Balaban J connectivity index is 1.37. The number of nitrogens with zero attached hydrogens (tertiary/aromatic N) is 4. The minimum Gasteiger partial charge on any atom is -0.479 e. The second-order valence-corrected chi connectivity index (χ2v) is 9.28. The van der Waals surface area contributed by atoms with Gasteiger partial charge in [0, 0.05) is 19.0 Å². The van der Waals surface area contributed by atoms with Crippen LogP contribution in [0.15, 0.2) is 49.1 Å². The van der Waals surface area contributed by atoms with Gasteiger partial charge >= 0.3 is 18.1 Å². The summed E-state index contributed by atoms with van der Waals surface area (Å²) in [5.41, 5.74) is 1.92. The summed E-state index contributed by atoms with van der Waals surface area (Å²) in [6.45, 7) is 1.71. The summed E-state index contributed by atoms with van der Waals surface area (Å²) in [5, 5.41) is 16.7. The van der Waals surface area contributed by atoms with Gasteiger partial charge in [0.15, 0.2) is 29.9 Å². The third-order valence-corrected chi connectivity index (χ3v) is 6.66. The van der Waals surface area contributed by atoms with Gasteiger partial charge in [0.25, 0.3) is 0 Å². The number of nitrogens with one attached hydrogen (secondary N) is 3. The van der Waals surface area contributed by atoms with Gasteiger partial charge in [-0.15, -0.1) is 0 Å². The molecule has 1 saturated heterocycles. The highest BCUT2D eigenvalue weighted by atomic mass is 16.7. The average molecular weight is 552 g/mol. The van der Waals surface area contributed by atoms with Crippen LogP contribution in [0.25, 0.3) is 17.2 Å². The van der Waals surface area contributed by atoms with E-state index in [4.69, 9.17) is 19.3 Å². The van der Waals surface area contributed by atoms with Crippen molar-refractivity contribution < 1.29 is 33.7 Å². The standard InChI is InChI=1S/C26H29N7O7/c1-2-27-25(36)32-23-20-24(30-13-29-23)33(14-31-20)17-10-16(11-28-26(37)38-12-18(34)35)21-22(17)40-19(39-21)9-8-15-6-4-3-5-7-15/h3-9,13-14,16-17,19,21-22H,2,10-12H2,1H3,(H,28,37)(H,34,35)(H2,27,29,30,32,36)/t16?,17?,19-,21?,22?/m0/s1. The van der Waals surface area contributed by atoms with Gasteiger partial charge in [-0.3, -0.25) is 5.32 Å². The molecule has 0 spiro atoms. The van der Waals surface area contributed by atoms with Gasteiger partial charge in [-0.2, -0.15) is 0 Å². The molecule has 14 heteroatoms. The number of amides is 3. The fourth-order valence-corrected chi connectivity index (χ4v) is 4.97. The predicted molar refractivity (Wildman–Crippen MR) is 141 cm³/mol. The smallest absolute Gasteiger partial charge is 0.407 e. The molecule has 1 aliphatic heterocycles. The number of imidazole rings is 1. The van der Waals surface area contributed by atoms with E-state index in [-0.39, 0.29) is 30.4 Å². The summed E-state index contributed by atoms with van der Waals surface area (Å²) in [6.07, 6.45) is 5.01. The Labute approximate surface area is 228 Å². The molecule has 0 radical (unpaired) electrons. The van der Waals surface area contributed by atoms with E-state index in [1.165, 1.54) is 6.33 Å². The van der Waals surface area contributed by atoms with Crippen LogP contribution >= 0.6 is 0 Å². The van der Waals surface area contributed by atoms with Crippen molar-refractivity contribution >= 4 is 41.2 Å². The molecule has 2 aromatic heterocycles. The number of carboxylic acids is 1. The van der Waals surface area contributed by atoms with Crippen molar-refractivity contribution in [2.24, 2.45) is 5.92 Å². The lowest BCUT2D eigenvalue weighted by Gasteiger charge is -2.19. The fourth-order valence-electron chi connectivity index (χ4n) is 4.97. The number of carbonyl (C=O) groups excluding carboxylic acids is 2. The summed E-state index contributed by atoms with van der Waals surface area (Å²) >= 11 is 0. The van der Waals surface area contributed by atoms with Gasteiger partial charge in [0.2, 0.25) is 0 Å². The van der Waals surface area contributed by atoms with Gasteiger partial charge in [-0.05, 0) is 25.0 Å². The monoisotopic (exact) mass is 551 g/mol. The number of carbonyl (C=O) groups is 3. The number of benzene rings is 1. The molecule has 3 aromatic rings. The number of aliphatic carboxylic acids is 1. The first-order chi connectivity index (χ1) is 19.4. The molecule has 4 unspecified atom stereocenters. The van der Waals surface area contributed by atoms with Crippen LogP contribution < -0.4 is 16.0 Å². The van der Waals surface area contributed by atoms with E-state index in [1.54, 1.807) is 6.33 Å². The van der Waals surface area contributed by atoms with Crippen LogP contribution in [0.5, 0.6) is 0 Å². The van der Waals surface area contributed by atoms with Crippen LogP contribution in [0.3, 0.4) is 0 Å². The van der Waals surface area contributed by atoms with Crippen LogP contribution in [0.2, 0.25) is 0 Å². The molecule has 14 nitrogen and oxygen atoms in total. The third-order valence-electron chi connectivity index (χ3n) is 6.66. The summed E-state index contributed by atoms with van der Waals surface area (Å²) in [7, 11) is 0. The zero-order chi connectivity index (χ0) is 28.1. The summed E-state index contributed by atoms with van der Waals surface area (Å²) < 4.78 is 19.2. The molecule has 4 N–H and O–H groups in total. The van der Waals surface area contributed by atoms with E-state index in [2.05, 4.69) is 30.9 Å². The summed E-state index contributed by atoms with van der Waals surface area (Å²) in [5.74, 6) is -1.16. The minimum absolute atomic E-state index is 0.181. The molecule has 1 saturated carbocycles. The van der Waals surface area contributed by atoms with Gasteiger partial charge in [0.1, 0.15) is 12.4 Å². The molecule has 40 heavy (non-hydrogen) atoms.